The minimum absolute atomic E-state index is 0.771. The summed E-state index contributed by atoms with van der Waals surface area (Å²) in [5.41, 5.74) is 0. The van der Waals surface area contributed by atoms with Crippen molar-refractivity contribution in [1.29, 1.82) is 0 Å². The van der Waals surface area contributed by atoms with Crippen LogP contribution in [0.5, 0.6) is 0 Å². The summed E-state index contributed by atoms with van der Waals surface area (Å²) in [6.07, 6.45) is 8.11. The molecule has 0 aliphatic rings. The molecule has 0 aromatic carbocycles. The smallest absolute Gasteiger partial charge is 0.103 e. The van der Waals surface area contributed by atoms with Gasteiger partial charge in [0.1, 0.15) is 5.84 Å². The van der Waals surface area contributed by atoms with Crippen LogP contribution in [0.15, 0.2) is 29.8 Å². The number of hydrogen-bond acceptors (Lipinski definition) is 2. The first-order valence-corrected chi connectivity index (χ1v) is 6.48. The zero-order valence-electron chi connectivity index (χ0n) is 11.6. The van der Waals surface area contributed by atoms with Crippen molar-refractivity contribution in [1.82, 2.24) is 10.2 Å². The minimum Gasteiger partial charge on any atom is -0.359 e. The van der Waals surface area contributed by atoms with Crippen LogP contribution in [0.1, 0.15) is 26.7 Å². The van der Waals surface area contributed by atoms with E-state index in [1.807, 2.05) is 13.1 Å². The quantitative estimate of drug-likeness (QED) is 0.379. The fourth-order valence-electron chi connectivity index (χ4n) is 1.54. The lowest BCUT2D eigenvalue weighted by Gasteiger charge is -2.24. The van der Waals surface area contributed by atoms with E-state index in [9.17, 15) is 0 Å². The molecule has 1 N–H and O–H groups in total. The predicted molar refractivity (Wildman–Crippen MR) is 77.7 cm³/mol. The highest BCUT2D eigenvalue weighted by molar-refractivity contribution is 5.83. The molecule has 0 saturated heterocycles. The third-order valence-corrected chi connectivity index (χ3v) is 2.49. The Hall–Kier alpha value is -1.09. The Morgan fingerprint density at radius 1 is 1.35 bits per heavy atom. The molecule has 0 heterocycles. The summed E-state index contributed by atoms with van der Waals surface area (Å²) >= 11 is 0. The van der Waals surface area contributed by atoms with Gasteiger partial charge in [0.15, 0.2) is 0 Å². The highest BCUT2D eigenvalue weighted by atomic mass is 15.2. The second-order valence-corrected chi connectivity index (χ2v) is 3.81. The van der Waals surface area contributed by atoms with Crippen molar-refractivity contribution < 1.29 is 0 Å². The molecule has 0 fully saturated rings. The summed E-state index contributed by atoms with van der Waals surface area (Å²) in [6, 6.07) is 0. The molecule has 0 atom stereocenters. The standard InChI is InChI=1S/C14H27N3/c1-5-8-9-11-16-14(10-6-2)17(7-3)13-12-15-4/h6,8-9,15H,2,5,7,10-13H2,1,3-4H3/b9-8-,16-14?. The Labute approximate surface area is 106 Å². The van der Waals surface area contributed by atoms with E-state index in [0.717, 1.165) is 44.9 Å². The number of hydrogen-bond donors (Lipinski definition) is 1. The van der Waals surface area contributed by atoms with Gasteiger partial charge in [-0.25, -0.2) is 0 Å². The number of amidine groups is 1. The summed E-state index contributed by atoms with van der Waals surface area (Å²) in [4.78, 5) is 6.94. The molecule has 0 rings (SSSR count). The van der Waals surface area contributed by atoms with Crippen LogP contribution in [-0.2, 0) is 0 Å². The van der Waals surface area contributed by atoms with Gasteiger partial charge >= 0.3 is 0 Å². The highest BCUT2D eigenvalue weighted by Gasteiger charge is 2.06. The molecule has 0 saturated carbocycles. The average Bonchev–Trinajstić information content (AvgIpc) is 2.35. The number of nitrogens with one attached hydrogen (secondary N) is 1. The average molecular weight is 237 g/mol. The zero-order chi connectivity index (χ0) is 12.9. The van der Waals surface area contributed by atoms with Gasteiger partial charge < -0.3 is 10.2 Å². The topological polar surface area (TPSA) is 27.6 Å². The van der Waals surface area contributed by atoms with Crippen LogP contribution < -0.4 is 5.32 Å². The number of aliphatic imine (C=N–C) groups is 1. The molecular weight excluding hydrogens is 210 g/mol. The summed E-state index contributed by atoms with van der Waals surface area (Å²) in [7, 11) is 1.97. The third-order valence-electron chi connectivity index (χ3n) is 2.49. The van der Waals surface area contributed by atoms with Crippen LogP contribution >= 0.6 is 0 Å². The van der Waals surface area contributed by atoms with E-state index in [-0.39, 0.29) is 0 Å². The Bertz CT molecular complexity index is 244. The second-order valence-electron chi connectivity index (χ2n) is 3.81. The molecule has 0 aromatic heterocycles. The molecular formula is C14H27N3. The first-order valence-electron chi connectivity index (χ1n) is 6.48. The first-order chi connectivity index (χ1) is 8.29. The van der Waals surface area contributed by atoms with Crippen LogP contribution in [-0.4, -0.2) is 44.0 Å². The molecule has 3 nitrogen and oxygen atoms in total. The minimum atomic E-state index is 0.771. The molecule has 0 aromatic rings. The number of rotatable bonds is 9. The lowest BCUT2D eigenvalue weighted by atomic mass is 10.3. The van der Waals surface area contributed by atoms with Crippen molar-refractivity contribution in [3.63, 3.8) is 0 Å². The van der Waals surface area contributed by atoms with Crippen LogP contribution in [0.3, 0.4) is 0 Å². The van der Waals surface area contributed by atoms with Gasteiger partial charge in [0.05, 0.1) is 6.54 Å². The largest absolute Gasteiger partial charge is 0.359 e. The fraction of sp³-hybridized carbons (Fsp3) is 0.643. The van der Waals surface area contributed by atoms with Gasteiger partial charge in [-0.15, -0.1) is 6.58 Å². The SMILES string of the molecule is C=CCC(=NC/C=C\CC)N(CC)CCNC. The molecule has 0 bridgehead atoms. The molecule has 0 amide bonds. The molecule has 0 aliphatic heterocycles. The van der Waals surface area contributed by atoms with Crippen molar-refractivity contribution in [3.05, 3.63) is 24.8 Å². The third kappa shape index (κ3) is 7.75. The molecule has 0 spiro atoms. The van der Waals surface area contributed by atoms with E-state index < -0.39 is 0 Å². The summed E-state index contributed by atoms with van der Waals surface area (Å²) in [6.45, 7) is 11.8. The van der Waals surface area contributed by atoms with Gasteiger partial charge in [-0.3, -0.25) is 4.99 Å². The summed E-state index contributed by atoms with van der Waals surface area (Å²) in [5.74, 6) is 1.14. The van der Waals surface area contributed by atoms with Crippen LogP contribution in [0.25, 0.3) is 0 Å². The predicted octanol–water partition coefficient (Wildman–Crippen LogP) is 2.47. The maximum absolute atomic E-state index is 4.63. The van der Waals surface area contributed by atoms with Gasteiger partial charge in [0.2, 0.25) is 0 Å². The summed E-state index contributed by atoms with van der Waals surface area (Å²) < 4.78 is 0. The maximum Gasteiger partial charge on any atom is 0.103 e. The van der Waals surface area contributed by atoms with Crippen molar-refractivity contribution in [2.75, 3.05) is 33.2 Å². The van der Waals surface area contributed by atoms with Crippen molar-refractivity contribution in [2.45, 2.75) is 26.7 Å². The number of nitrogens with zero attached hydrogens (tertiary/aromatic N) is 2. The first kappa shape index (κ1) is 15.9. The summed E-state index contributed by atoms with van der Waals surface area (Å²) in [5, 5.41) is 3.17. The number of allylic oxidation sites excluding steroid dienone is 1. The monoisotopic (exact) mass is 237 g/mol. The van der Waals surface area contributed by atoms with Crippen LogP contribution in [0.4, 0.5) is 0 Å². The Kier molecular flexibility index (Phi) is 10.7. The number of likely N-dealkylation sites (N-methyl/N-ethyl adjacent to an activating group) is 2. The van der Waals surface area contributed by atoms with E-state index >= 15 is 0 Å². The van der Waals surface area contributed by atoms with E-state index in [1.54, 1.807) is 0 Å². The highest BCUT2D eigenvalue weighted by Crippen LogP contribution is 1.98. The van der Waals surface area contributed by atoms with E-state index in [0.29, 0.717) is 0 Å². The lowest BCUT2D eigenvalue weighted by molar-refractivity contribution is 0.430. The van der Waals surface area contributed by atoms with Gasteiger partial charge in [-0.2, -0.15) is 0 Å². The Morgan fingerprint density at radius 3 is 2.65 bits per heavy atom. The van der Waals surface area contributed by atoms with Gasteiger partial charge in [-0.1, -0.05) is 25.2 Å². The normalized spacial score (nSPS) is 12.1. The van der Waals surface area contributed by atoms with E-state index in [4.69, 9.17) is 0 Å². The molecule has 0 radical (unpaired) electrons. The molecule has 0 unspecified atom stereocenters. The Balaban J connectivity index is 4.43. The van der Waals surface area contributed by atoms with Crippen LogP contribution in [0.2, 0.25) is 0 Å². The van der Waals surface area contributed by atoms with Crippen molar-refractivity contribution in [2.24, 2.45) is 4.99 Å². The van der Waals surface area contributed by atoms with E-state index in [2.05, 4.69) is 47.8 Å². The van der Waals surface area contributed by atoms with Crippen LogP contribution in [0, 0.1) is 0 Å². The molecule has 0 aliphatic carbocycles. The van der Waals surface area contributed by atoms with E-state index in [1.165, 1.54) is 0 Å². The molecule has 98 valence electrons. The Morgan fingerprint density at radius 2 is 2.12 bits per heavy atom. The molecule has 3 heteroatoms. The maximum atomic E-state index is 4.63. The van der Waals surface area contributed by atoms with Gasteiger partial charge in [0, 0.05) is 26.1 Å². The zero-order valence-corrected chi connectivity index (χ0v) is 11.6. The van der Waals surface area contributed by atoms with Gasteiger partial charge in [0.25, 0.3) is 0 Å². The van der Waals surface area contributed by atoms with Crippen molar-refractivity contribution >= 4 is 5.84 Å². The fourth-order valence-corrected chi connectivity index (χ4v) is 1.54. The van der Waals surface area contributed by atoms with Crippen molar-refractivity contribution in [3.8, 4) is 0 Å². The molecule has 17 heavy (non-hydrogen) atoms. The second kappa shape index (κ2) is 11.4. The van der Waals surface area contributed by atoms with Gasteiger partial charge in [-0.05, 0) is 20.4 Å². The lowest BCUT2D eigenvalue weighted by Crippen LogP contribution is -2.36.